The number of aromatic amines is 1. The van der Waals surface area contributed by atoms with Crippen molar-refractivity contribution in [2.45, 2.75) is 33.2 Å². The van der Waals surface area contributed by atoms with Gasteiger partial charge in [0.1, 0.15) is 17.3 Å². The molecular formula is C23H30FN3O4. The van der Waals surface area contributed by atoms with E-state index >= 15 is 0 Å². The molecule has 3 rings (SSSR count). The zero-order valence-corrected chi connectivity index (χ0v) is 18.6. The minimum Gasteiger partial charge on any atom is -0.496 e. The van der Waals surface area contributed by atoms with Crippen LogP contribution < -0.4 is 4.74 Å². The van der Waals surface area contributed by atoms with Crippen LogP contribution >= 0.6 is 0 Å². The zero-order valence-electron chi connectivity index (χ0n) is 18.6. The fourth-order valence-corrected chi connectivity index (χ4v) is 4.12. The Morgan fingerprint density at radius 3 is 2.48 bits per heavy atom. The summed E-state index contributed by atoms with van der Waals surface area (Å²) < 4.78 is 23.9. The number of nitrogens with one attached hydrogen (secondary N) is 1. The molecule has 0 saturated carbocycles. The summed E-state index contributed by atoms with van der Waals surface area (Å²) in [5.74, 6) is -0.173. The van der Waals surface area contributed by atoms with E-state index in [4.69, 9.17) is 9.47 Å². The van der Waals surface area contributed by atoms with E-state index in [1.807, 2.05) is 6.92 Å². The highest BCUT2D eigenvalue weighted by Gasteiger charge is 2.29. The second kappa shape index (κ2) is 9.96. The first-order chi connectivity index (χ1) is 14.9. The molecule has 1 saturated heterocycles. The van der Waals surface area contributed by atoms with Gasteiger partial charge >= 0.3 is 5.97 Å². The number of hydrogen-bond donors (Lipinski definition) is 1. The summed E-state index contributed by atoms with van der Waals surface area (Å²) >= 11 is 0. The topological polar surface area (TPSA) is 74.9 Å². The van der Waals surface area contributed by atoms with Gasteiger partial charge in [-0.3, -0.25) is 9.69 Å². The van der Waals surface area contributed by atoms with E-state index in [9.17, 15) is 14.0 Å². The SMILES string of the molecule is CCCc1c(C(=O)N2CCN(Cc3cc(F)ccc3OC)CC2)[nH]c(C)c1C(=O)OC. The molecule has 2 aromatic rings. The van der Waals surface area contributed by atoms with Crippen LogP contribution in [0.3, 0.4) is 0 Å². The number of nitrogens with zero attached hydrogens (tertiary/aromatic N) is 2. The molecule has 1 amide bonds. The minimum atomic E-state index is -0.426. The smallest absolute Gasteiger partial charge is 0.339 e. The molecule has 31 heavy (non-hydrogen) atoms. The van der Waals surface area contributed by atoms with Gasteiger partial charge in [0.05, 0.1) is 19.8 Å². The number of amides is 1. The van der Waals surface area contributed by atoms with Crippen LogP contribution in [0.25, 0.3) is 0 Å². The maximum absolute atomic E-state index is 13.6. The summed E-state index contributed by atoms with van der Waals surface area (Å²) in [7, 11) is 2.92. The monoisotopic (exact) mass is 431 g/mol. The number of piperazine rings is 1. The molecule has 1 aliphatic heterocycles. The highest BCUT2D eigenvalue weighted by Crippen LogP contribution is 2.25. The van der Waals surface area contributed by atoms with Crippen molar-refractivity contribution in [3.05, 3.63) is 52.1 Å². The largest absolute Gasteiger partial charge is 0.496 e. The quantitative estimate of drug-likeness (QED) is 0.682. The Morgan fingerprint density at radius 1 is 1.16 bits per heavy atom. The second-order valence-corrected chi connectivity index (χ2v) is 7.74. The lowest BCUT2D eigenvalue weighted by Crippen LogP contribution is -2.48. The first-order valence-electron chi connectivity index (χ1n) is 10.5. The molecule has 1 aromatic heterocycles. The Balaban J connectivity index is 1.71. The van der Waals surface area contributed by atoms with Crippen molar-refractivity contribution in [3.8, 4) is 5.75 Å². The second-order valence-electron chi connectivity index (χ2n) is 7.74. The molecular weight excluding hydrogens is 401 g/mol. The zero-order chi connectivity index (χ0) is 22.5. The van der Waals surface area contributed by atoms with Gasteiger partial charge in [-0.25, -0.2) is 9.18 Å². The molecule has 1 aliphatic rings. The van der Waals surface area contributed by atoms with Gasteiger partial charge < -0.3 is 19.4 Å². The fraction of sp³-hybridized carbons (Fsp3) is 0.478. The molecule has 1 fully saturated rings. The van der Waals surface area contributed by atoms with Gasteiger partial charge in [0.25, 0.3) is 5.91 Å². The first kappa shape index (κ1) is 22.8. The molecule has 2 heterocycles. The highest BCUT2D eigenvalue weighted by molar-refractivity contribution is 6.00. The molecule has 168 valence electrons. The lowest BCUT2D eigenvalue weighted by atomic mass is 10.0. The standard InChI is InChI=1S/C23H30FN3O4/c1-5-6-18-20(23(29)31-4)15(2)25-21(18)22(28)27-11-9-26(10-12-27)14-16-13-17(24)7-8-19(16)30-3/h7-8,13,25H,5-6,9-12,14H2,1-4H3. The number of esters is 1. The molecule has 1 N–H and O–H groups in total. The summed E-state index contributed by atoms with van der Waals surface area (Å²) in [6.45, 7) is 6.78. The Bertz CT molecular complexity index is 949. The Kier molecular flexibility index (Phi) is 7.33. The average molecular weight is 432 g/mol. The van der Waals surface area contributed by atoms with Gasteiger partial charge in [-0.05, 0) is 37.1 Å². The number of aryl methyl sites for hydroxylation is 1. The number of aromatic nitrogens is 1. The van der Waals surface area contributed by atoms with E-state index in [-0.39, 0.29) is 11.7 Å². The number of rotatable bonds is 7. The molecule has 1 aromatic carbocycles. The van der Waals surface area contributed by atoms with Crippen LogP contribution in [-0.4, -0.2) is 67.1 Å². The summed E-state index contributed by atoms with van der Waals surface area (Å²) in [5.41, 5.74) is 3.10. The summed E-state index contributed by atoms with van der Waals surface area (Å²) in [6.07, 6.45) is 1.43. The summed E-state index contributed by atoms with van der Waals surface area (Å²) in [6, 6.07) is 4.50. The van der Waals surface area contributed by atoms with Crippen molar-refractivity contribution in [1.82, 2.24) is 14.8 Å². The van der Waals surface area contributed by atoms with Crippen molar-refractivity contribution in [3.63, 3.8) is 0 Å². The molecule has 0 radical (unpaired) electrons. The van der Waals surface area contributed by atoms with Crippen molar-refractivity contribution in [2.75, 3.05) is 40.4 Å². The Labute approximate surface area is 182 Å². The number of halogens is 1. The molecule has 0 atom stereocenters. The highest BCUT2D eigenvalue weighted by atomic mass is 19.1. The molecule has 0 spiro atoms. The van der Waals surface area contributed by atoms with E-state index in [2.05, 4.69) is 9.88 Å². The molecule has 8 heteroatoms. The third-order valence-corrected chi connectivity index (χ3v) is 5.69. The van der Waals surface area contributed by atoms with Crippen molar-refractivity contribution >= 4 is 11.9 Å². The van der Waals surface area contributed by atoms with Crippen LogP contribution in [0.1, 0.15) is 51.0 Å². The van der Waals surface area contributed by atoms with Gasteiger partial charge in [-0.15, -0.1) is 0 Å². The van der Waals surface area contributed by atoms with Crippen LogP contribution in [0.2, 0.25) is 0 Å². The van der Waals surface area contributed by atoms with Crippen LogP contribution in [0, 0.1) is 12.7 Å². The van der Waals surface area contributed by atoms with E-state index < -0.39 is 5.97 Å². The van der Waals surface area contributed by atoms with Gasteiger partial charge in [-0.1, -0.05) is 13.3 Å². The maximum atomic E-state index is 13.6. The van der Waals surface area contributed by atoms with Gasteiger partial charge in [-0.2, -0.15) is 0 Å². The Hall–Kier alpha value is -2.87. The normalized spacial score (nSPS) is 14.5. The number of carbonyl (C=O) groups excluding carboxylic acids is 2. The van der Waals surface area contributed by atoms with Crippen molar-refractivity contribution in [2.24, 2.45) is 0 Å². The van der Waals surface area contributed by atoms with Gasteiger partial charge in [0, 0.05) is 44.0 Å². The lowest BCUT2D eigenvalue weighted by Gasteiger charge is -2.35. The molecule has 0 aliphatic carbocycles. The number of H-pyrrole nitrogens is 1. The number of carbonyl (C=O) groups is 2. The summed E-state index contributed by atoms with van der Waals surface area (Å²) in [5, 5.41) is 0. The van der Waals surface area contributed by atoms with Gasteiger partial charge in [0.15, 0.2) is 0 Å². The predicted molar refractivity (Wildman–Crippen MR) is 115 cm³/mol. The predicted octanol–water partition coefficient (Wildman–Crippen LogP) is 3.17. The summed E-state index contributed by atoms with van der Waals surface area (Å²) in [4.78, 5) is 32.6. The van der Waals surface area contributed by atoms with Gasteiger partial charge in [0.2, 0.25) is 0 Å². The van der Waals surface area contributed by atoms with E-state index in [0.717, 1.165) is 17.5 Å². The number of benzene rings is 1. The first-order valence-corrected chi connectivity index (χ1v) is 10.5. The third-order valence-electron chi connectivity index (χ3n) is 5.69. The van der Waals surface area contributed by atoms with Crippen LogP contribution in [-0.2, 0) is 17.7 Å². The maximum Gasteiger partial charge on any atom is 0.339 e. The van der Waals surface area contributed by atoms with Crippen LogP contribution in [0.15, 0.2) is 18.2 Å². The number of hydrogen-bond acceptors (Lipinski definition) is 5. The van der Waals surface area contributed by atoms with Crippen molar-refractivity contribution in [1.29, 1.82) is 0 Å². The minimum absolute atomic E-state index is 0.107. The van der Waals surface area contributed by atoms with E-state index in [0.29, 0.717) is 61.8 Å². The molecule has 0 bridgehead atoms. The number of methoxy groups -OCH3 is 2. The molecule has 0 unspecified atom stereocenters. The lowest BCUT2D eigenvalue weighted by molar-refractivity contribution is 0.0599. The fourth-order valence-electron chi connectivity index (χ4n) is 4.12. The van der Waals surface area contributed by atoms with E-state index in [1.165, 1.54) is 19.2 Å². The Morgan fingerprint density at radius 2 is 1.87 bits per heavy atom. The van der Waals surface area contributed by atoms with Crippen LogP contribution in [0.4, 0.5) is 4.39 Å². The van der Waals surface area contributed by atoms with E-state index in [1.54, 1.807) is 25.0 Å². The average Bonchev–Trinajstić information content (AvgIpc) is 3.09. The number of ether oxygens (including phenoxy) is 2. The molecule has 7 nitrogen and oxygen atoms in total. The van der Waals surface area contributed by atoms with Crippen molar-refractivity contribution < 1.29 is 23.5 Å². The van der Waals surface area contributed by atoms with Crippen LogP contribution in [0.5, 0.6) is 5.75 Å². The third kappa shape index (κ3) is 4.90.